The van der Waals surface area contributed by atoms with Crippen molar-refractivity contribution < 1.29 is 0 Å². The van der Waals surface area contributed by atoms with E-state index in [-0.39, 0.29) is 0 Å². The summed E-state index contributed by atoms with van der Waals surface area (Å²) in [7, 11) is 0. The second kappa shape index (κ2) is 4.75. The highest BCUT2D eigenvalue weighted by Gasteiger charge is 2.32. The van der Waals surface area contributed by atoms with Gasteiger partial charge in [0, 0.05) is 13.1 Å². The minimum atomic E-state index is 0.895. The zero-order chi connectivity index (χ0) is 12.7. The highest BCUT2D eigenvalue weighted by molar-refractivity contribution is 7.16. The molecule has 19 heavy (non-hydrogen) atoms. The molecule has 100 valence electrons. The lowest BCUT2D eigenvalue weighted by Crippen LogP contribution is -2.42. The molecule has 0 unspecified atom stereocenters. The fourth-order valence-electron chi connectivity index (χ4n) is 3.82. The molecule has 3 heterocycles. The van der Waals surface area contributed by atoms with Crippen molar-refractivity contribution in [1.29, 1.82) is 0 Å². The first-order chi connectivity index (χ1) is 9.42. The lowest BCUT2D eigenvalue weighted by atomic mass is 9.75. The predicted molar refractivity (Wildman–Crippen MR) is 79.7 cm³/mol. The summed E-state index contributed by atoms with van der Waals surface area (Å²) < 4.78 is 0. The van der Waals surface area contributed by atoms with E-state index >= 15 is 0 Å². The highest BCUT2D eigenvalue weighted by Crippen LogP contribution is 2.38. The van der Waals surface area contributed by atoms with Gasteiger partial charge in [-0.05, 0) is 36.1 Å². The third kappa shape index (κ3) is 2.02. The molecule has 2 aromatic heterocycles. The van der Waals surface area contributed by atoms with Crippen molar-refractivity contribution in [3.8, 4) is 0 Å². The number of nitrogens with zero attached hydrogens (tertiary/aromatic N) is 3. The van der Waals surface area contributed by atoms with Gasteiger partial charge >= 0.3 is 0 Å². The van der Waals surface area contributed by atoms with Crippen LogP contribution in [0.3, 0.4) is 0 Å². The van der Waals surface area contributed by atoms with Gasteiger partial charge in [-0.3, -0.25) is 0 Å². The molecular formula is C15H19N3S. The van der Waals surface area contributed by atoms with Crippen molar-refractivity contribution in [3.63, 3.8) is 0 Å². The maximum Gasteiger partial charge on any atom is 0.140 e. The molecule has 0 aromatic carbocycles. The van der Waals surface area contributed by atoms with E-state index in [1.165, 1.54) is 50.6 Å². The average molecular weight is 273 g/mol. The number of anilines is 1. The van der Waals surface area contributed by atoms with E-state index in [9.17, 15) is 0 Å². The maximum absolute atomic E-state index is 4.56. The van der Waals surface area contributed by atoms with E-state index in [1.807, 2.05) is 0 Å². The van der Waals surface area contributed by atoms with Crippen molar-refractivity contribution in [1.82, 2.24) is 9.97 Å². The SMILES string of the molecule is c1nc(N2CC[C@H]3CCCC[C@@H]3C2)c2ccsc2n1. The standard InChI is InChI=1S/C15H19N3S/c1-2-4-12-9-18(7-5-11(12)3-1)14-13-6-8-19-15(13)17-10-16-14/h6,8,10-12H,1-5,7,9H2/t11-,12-/m1/s1. The molecular weight excluding hydrogens is 254 g/mol. The van der Waals surface area contributed by atoms with Crippen molar-refractivity contribution in [3.05, 3.63) is 17.8 Å². The Morgan fingerprint density at radius 1 is 1.11 bits per heavy atom. The minimum absolute atomic E-state index is 0.895. The Hall–Kier alpha value is -1.16. The summed E-state index contributed by atoms with van der Waals surface area (Å²) in [5.74, 6) is 3.03. The second-order valence-electron chi connectivity index (χ2n) is 5.88. The van der Waals surface area contributed by atoms with Gasteiger partial charge in [0.25, 0.3) is 0 Å². The van der Waals surface area contributed by atoms with Gasteiger partial charge in [0.1, 0.15) is 17.0 Å². The molecule has 4 rings (SSSR count). The number of fused-ring (bicyclic) bond motifs is 2. The van der Waals surface area contributed by atoms with E-state index < -0.39 is 0 Å². The Kier molecular flexibility index (Phi) is 2.91. The average Bonchev–Trinajstić information content (AvgIpc) is 2.95. The van der Waals surface area contributed by atoms with E-state index in [1.54, 1.807) is 17.7 Å². The van der Waals surface area contributed by atoms with Crippen molar-refractivity contribution in [2.75, 3.05) is 18.0 Å². The molecule has 2 atom stereocenters. The first-order valence-corrected chi connectivity index (χ1v) is 8.23. The third-order valence-corrected chi connectivity index (χ3v) is 5.65. The quantitative estimate of drug-likeness (QED) is 0.793. The van der Waals surface area contributed by atoms with Crippen LogP contribution < -0.4 is 4.90 Å². The van der Waals surface area contributed by atoms with Crippen LogP contribution in [0.15, 0.2) is 17.8 Å². The lowest BCUT2D eigenvalue weighted by molar-refractivity contribution is 0.202. The Morgan fingerprint density at radius 3 is 2.95 bits per heavy atom. The molecule has 4 heteroatoms. The van der Waals surface area contributed by atoms with Gasteiger partial charge in [-0.2, -0.15) is 0 Å². The number of hydrogen-bond acceptors (Lipinski definition) is 4. The van der Waals surface area contributed by atoms with E-state index in [0.29, 0.717) is 0 Å². The largest absolute Gasteiger partial charge is 0.356 e. The molecule has 1 aliphatic heterocycles. The molecule has 0 N–H and O–H groups in total. The van der Waals surface area contributed by atoms with E-state index in [0.717, 1.165) is 22.5 Å². The van der Waals surface area contributed by atoms with Crippen LogP contribution in [0.1, 0.15) is 32.1 Å². The summed E-state index contributed by atoms with van der Waals surface area (Å²) >= 11 is 1.71. The Morgan fingerprint density at radius 2 is 2.00 bits per heavy atom. The van der Waals surface area contributed by atoms with Crippen molar-refractivity contribution in [2.24, 2.45) is 11.8 Å². The Labute approximate surface area is 117 Å². The molecule has 2 fully saturated rings. The van der Waals surface area contributed by atoms with Gasteiger partial charge in [0.2, 0.25) is 0 Å². The topological polar surface area (TPSA) is 29.0 Å². The smallest absolute Gasteiger partial charge is 0.140 e. The molecule has 0 spiro atoms. The molecule has 1 aliphatic carbocycles. The maximum atomic E-state index is 4.56. The van der Waals surface area contributed by atoms with Crippen molar-refractivity contribution in [2.45, 2.75) is 32.1 Å². The molecule has 1 saturated heterocycles. The van der Waals surface area contributed by atoms with E-state index in [2.05, 4.69) is 26.3 Å². The van der Waals surface area contributed by atoms with Crippen LogP contribution in [-0.4, -0.2) is 23.1 Å². The number of piperidine rings is 1. The predicted octanol–water partition coefficient (Wildman–Crippen LogP) is 3.71. The van der Waals surface area contributed by atoms with Crippen LogP contribution in [0, 0.1) is 11.8 Å². The van der Waals surface area contributed by atoms with Gasteiger partial charge in [0.05, 0.1) is 5.39 Å². The number of rotatable bonds is 1. The van der Waals surface area contributed by atoms with Crippen LogP contribution in [-0.2, 0) is 0 Å². The lowest BCUT2D eigenvalue weighted by Gasteiger charge is -2.41. The summed E-state index contributed by atoms with van der Waals surface area (Å²) in [6.07, 6.45) is 8.81. The highest BCUT2D eigenvalue weighted by atomic mass is 32.1. The summed E-state index contributed by atoms with van der Waals surface area (Å²) in [6, 6.07) is 2.17. The fraction of sp³-hybridized carbons (Fsp3) is 0.600. The van der Waals surface area contributed by atoms with Gasteiger partial charge in [0.15, 0.2) is 0 Å². The molecule has 2 aliphatic rings. The Bertz CT molecular complexity index is 580. The van der Waals surface area contributed by atoms with Gasteiger partial charge in [-0.25, -0.2) is 9.97 Å². The number of thiophene rings is 1. The summed E-state index contributed by atoms with van der Waals surface area (Å²) in [5, 5.41) is 3.36. The van der Waals surface area contributed by atoms with Crippen LogP contribution >= 0.6 is 11.3 Å². The van der Waals surface area contributed by atoms with Crippen LogP contribution in [0.25, 0.3) is 10.2 Å². The number of aromatic nitrogens is 2. The van der Waals surface area contributed by atoms with Crippen LogP contribution in [0.2, 0.25) is 0 Å². The van der Waals surface area contributed by atoms with Crippen molar-refractivity contribution >= 4 is 27.4 Å². The minimum Gasteiger partial charge on any atom is -0.356 e. The summed E-state index contributed by atoms with van der Waals surface area (Å²) in [4.78, 5) is 12.5. The van der Waals surface area contributed by atoms with Crippen LogP contribution in [0.5, 0.6) is 0 Å². The second-order valence-corrected chi connectivity index (χ2v) is 6.77. The van der Waals surface area contributed by atoms with Gasteiger partial charge in [-0.15, -0.1) is 11.3 Å². The molecule has 3 nitrogen and oxygen atoms in total. The molecule has 2 aromatic rings. The van der Waals surface area contributed by atoms with E-state index in [4.69, 9.17) is 0 Å². The zero-order valence-corrected chi connectivity index (χ0v) is 11.9. The molecule has 1 saturated carbocycles. The normalized spacial score (nSPS) is 27.5. The molecule has 0 amide bonds. The molecule has 0 radical (unpaired) electrons. The molecule has 0 bridgehead atoms. The van der Waals surface area contributed by atoms with Gasteiger partial charge < -0.3 is 4.90 Å². The Balaban J connectivity index is 1.64. The fourth-order valence-corrected chi connectivity index (χ4v) is 4.55. The summed E-state index contributed by atoms with van der Waals surface area (Å²) in [5.41, 5.74) is 0. The monoisotopic (exact) mass is 273 g/mol. The van der Waals surface area contributed by atoms with Crippen LogP contribution in [0.4, 0.5) is 5.82 Å². The third-order valence-electron chi connectivity index (χ3n) is 4.83. The first-order valence-electron chi connectivity index (χ1n) is 7.35. The first kappa shape index (κ1) is 11.6. The van der Waals surface area contributed by atoms with Gasteiger partial charge in [-0.1, -0.05) is 19.3 Å². The zero-order valence-electron chi connectivity index (χ0n) is 11.1. The number of hydrogen-bond donors (Lipinski definition) is 0. The summed E-state index contributed by atoms with van der Waals surface area (Å²) in [6.45, 7) is 2.37.